The molecule has 0 spiro atoms. The van der Waals surface area contributed by atoms with Crippen molar-refractivity contribution in [2.45, 2.75) is 59.3 Å². The Morgan fingerprint density at radius 3 is 2.52 bits per heavy atom. The lowest BCUT2D eigenvalue weighted by Crippen LogP contribution is -2.28. The van der Waals surface area contributed by atoms with Crippen LogP contribution in [0.3, 0.4) is 0 Å². The van der Waals surface area contributed by atoms with Gasteiger partial charge in [0.1, 0.15) is 5.56 Å². The van der Waals surface area contributed by atoms with E-state index in [9.17, 15) is 4.79 Å². The summed E-state index contributed by atoms with van der Waals surface area (Å²) in [5.74, 6) is -0.292. The molecule has 3 rings (SSSR count). The van der Waals surface area contributed by atoms with Gasteiger partial charge in [-0.3, -0.25) is 9.58 Å². The number of hydrogen-bond acceptors (Lipinski definition) is 4. The molecule has 5 nitrogen and oxygen atoms in total. The van der Waals surface area contributed by atoms with Crippen molar-refractivity contribution in [3.8, 4) is 0 Å². The van der Waals surface area contributed by atoms with Gasteiger partial charge < -0.3 is 4.74 Å². The lowest BCUT2D eigenvalue weighted by molar-refractivity contribution is 0.0525. The summed E-state index contributed by atoms with van der Waals surface area (Å²) in [5, 5.41) is 4.51. The molecule has 0 aliphatic heterocycles. The molecule has 1 heterocycles. The van der Waals surface area contributed by atoms with Gasteiger partial charge in [0.25, 0.3) is 0 Å². The third-order valence-electron chi connectivity index (χ3n) is 4.65. The number of rotatable bonds is 8. The third-order valence-corrected chi connectivity index (χ3v) is 4.65. The smallest absolute Gasteiger partial charge is 0.341 e. The van der Waals surface area contributed by atoms with Gasteiger partial charge in [0.05, 0.1) is 19.0 Å². The first-order chi connectivity index (χ1) is 12.1. The van der Waals surface area contributed by atoms with Crippen molar-refractivity contribution in [3.63, 3.8) is 0 Å². The molecule has 0 amide bonds. The van der Waals surface area contributed by atoms with Gasteiger partial charge in [-0.15, -0.1) is 0 Å². The topological polar surface area (TPSA) is 47.4 Å². The Morgan fingerprint density at radius 2 is 1.92 bits per heavy atom. The van der Waals surface area contributed by atoms with E-state index in [1.807, 2.05) is 24.7 Å². The molecule has 0 atom stereocenters. The van der Waals surface area contributed by atoms with Crippen LogP contribution in [0.25, 0.3) is 0 Å². The minimum Gasteiger partial charge on any atom is -0.462 e. The molecule has 2 aromatic rings. The molecular weight excluding hydrogens is 314 g/mol. The van der Waals surface area contributed by atoms with Crippen LogP contribution in [0, 0.1) is 6.92 Å². The van der Waals surface area contributed by atoms with Crippen LogP contribution < -0.4 is 0 Å². The number of carbonyl (C=O) groups excluding carboxylic acids is 1. The van der Waals surface area contributed by atoms with E-state index in [0.717, 1.165) is 18.7 Å². The fourth-order valence-corrected chi connectivity index (χ4v) is 3.03. The van der Waals surface area contributed by atoms with E-state index in [4.69, 9.17) is 4.74 Å². The molecule has 1 fully saturated rings. The molecule has 1 aliphatic carbocycles. The summed E-state index contributed by atoms with van der Waals surface area (Å²) < 4.78 is 6.96. The molecule has 1 saturated carbocycles. The highest BCUT2D eigenvalue weighted by Gasteiger charge is 2.29. The molecule has 5 heteroatoms. The number of ether oxygens (including phenoxy) is 1. The predicted octanol–water partition coefficient (Wildman–Crippen LogP) is 3.55. The van der Waals surface area contributed by atoms with Crippen molar-refractivity contribution in [3.05, 3.63) is 52.8 Å². The van der Waals surface area contributed by atoms with Gasteiger partial charge in [-0.1, -0.05) is 31.2 Å². The zero-order chi connectivity index (χ0) is 17.8. The van der Waals surface area contributed by atoms with Gasteiger partial charge in [-0.2, -0.15) is 5.10 Å². The average molecular weight is 341 g/mol. The van der Waals surface area contributed by atoms with Crippen LogP contribution in [-0.2, 0) is 24.4 Å². The highest BCUT2D eigenvalue weighted by Crippen LogP contribution is 2.29. The first kappa shape index (κ1) is 17.7. The Morgan fingerprint density at radius 1 is 1.24 bits per heavy atom. The van der Waals surface area contributed by atoms with Crippen molar-refractivity contribution < 1.29 is 9.53 Å². The molecule has 1 aromatic heterocycles. The lowest BCUT2D eigenvalue weighted by atomic mass is 10.1. The maximum Gasteiger partial charge on any atom is 0.341 e. The molecule has 1 aromatic carbocycles. The van der Waals surface area contributed by atoms with E-state index in [-0.39, 0.29) is 5.97 Å². The Bertz CT molecular complexity index is 717. The van der Waals surface area contributed by atoms with Crippen LogP contribution in [-0.4, -0.2) is 33.3 Å². The summed E-state index contributed by atoms with van der Waals surface area (Å²) in [7, 11) is 0. The second-order valence-electron chi connectivity index (χ2n) is 6.68. The van der Waals surface area contributed by atoms with Gasteiger partial charge in [-0.25, -0.2) is 4.79 Å². The van der Waals surface area contributed by atoms with Crippen LogP contribution in [0.5, 0.6) is 0 Å². The molecule has 0 bridgehead atoms. The van der Waals surface area contributed by atoms with Crippen LogP contribution >= 0.6 is 0 Å². The Balaban J connectivity index is 1.69. The minimum atomic E-state index is -0.292. The van der Waals surface area contributed by atoms with Crippen molar-refractivity contribution in [1.29, 1.82) is 0 Å². The highest BCUT2D eigenvalue weighted by atomic mass is 16.5. The lowest BCUT2D eigenvalue weighted by Gasteiger charge is -2.22. The van der Waals surface area contributed by atoms with Crippen LogP contribution in [0.4, 0.5) is 0 Å². The molecule has 0 unspecified atom stereocenters. The highest BCUT2D eigenvalue weighted by molar-refractivity contribution is 5.90. The minimum absolute atomic E-state index is 0.292. The molecule has 134 valence electrons. The van der Waals surface area contributed by atoms with Gasteiger partial charge in [0.2, 0.25) is 0 Å². The summed E-state index contributed by atoms with van der Waals surface area (Å²) in [5.41, 5.74) is 3.97. The summed E-state index contributed by atoms with van der Waals surface area (Å²) in [4.78, 5) is 14.4. The van der Waals surface area contributed by atoms with Gasteiger partial charge >= 0.3 is 5.97 Å². The quantitative estimate of drug-likeness (QED) is 0.689. The Labute approximate surface area is 149 Å². The number of carbonyl (C=O) groups is 1. The predicted molar refractivity (Wildman–Crippen MR) is 97.3 cm³/mol. The first-order valence-corrected chi connectivity index (χ1v) is 9.13. The Kier molecular flexibility index (Phi) is 5.53. The molecule has 1 aliphatic rings. The monoisotopic (exact) mass is 341 g/mol. The first-order valence-electron chi connectivity index (χ1n) is 9.13. The van der Waals surface area contributed by atoms with Crippen molar-refractivity contribution in [2.75, 3.05) is 6.61 Å². The number of aryl methyl sites for hydroxylation is 2. The van der Waals surface area contributed by atoms with Gasteiger partial charge in [0.15, 0.2) is 0 Å². The fraction of sp³-hybridized carbons (Fsp3) is 0.500. The number of aromatic nitrogens is 2. The fourth-order valence-electron chi connectivity index (χ4n) is 3.03. The maximum atomic E-state index is 12.0. The van der Waals surface area contributed by atoms with Crippen LogP contribution in [0.2, 0.25) is 0 Å². The Hall–Kier alpha value is -2.14. The van der Waals surface area contributed by atoms with E-state index in [1.165, 1.54) is 24.0 Å². The maximum absolute atomic E-state index is 12.0. The zero-order valence-electron chi connectivity index (χ0n) is 15.4. The number of hydrogen-bond donors (Lipinski definition) is 0. The number of nitrogens with zero attached hydrogens (tertiary/aromatic N) is 3. The van der Waals surface area contributed by atoms with Crippen LogP contribution in [0.1, 0.15) is 53.9 Å². The summed E-state index contributed by atoms with van der Waals surface area (Å²) in [6.07, 6.45) is 5.34. The van der Waals surface area contributed by atoms with E-state index >= 15 is 0 Å². The summed E-state index contributed by atoms with van der Waals surface area (Å²) in [6, 6.07) is 9.45. The van der Waals surface area contributed by atoms with Gasteiger partial charge in [-0.05, 0) is 44.2 Å². The summed E-state index contributed by atoms with van der Waals surface area (Å²) in [6.45, 7) is 7.82. The van der Waals surface area contributed by atoms with E-state index < -0.39 is 0 Å². The molecular formula is C20H27N3O2. The SMILES string of the molecule is CCOC(=O)c1cn(CN(Cc2ccc(CC)cc2)C2CC2)nc1C. The summed E-state index contributed by atoms with van der Waals surface area (Å²) >= 11 is 0. The second kappa shape index (κ2) is 7.83. The largest absolute Gasteiger partial charge is 0.462 e. The molecule has 0 saturated heterocycles. The normalized spacial score (nSPS) is 14.1. The second-order valence-corrected chi connectivity index (χ2v) is 6.68. The van der Waals surface area contributed by atoms with Crippen LogP contribution in [0.15, 0.2) is 30.5 Å². The average Bonchev–Trinajstić information content (AvgIpc) is 3.39. The third kappa shape index (κ3) is 4.48. The van der Waals surface area contributed by atoms with E-state index in [2.05, 4.69) is 41.2 Å². The number of benzene rings is 1. The zero-order valence-corrected chi connectivity index (χ0v) is 15.4. The molecule has 25 heavy (non-hydrogen) atoms. The van der Waals surface area contributed by atoms with Crippen molar-refractivity contribution in [2.24, 2.45) is 0 Å². The van der Waals surface area contributed by atoms with Crippen molar-refractivity contribution >= 4 is 5.97 Å². The van der Waals surface area contributed by atoms with Gasteiger partial charge in [0, 0.05) is 18.8 Å². The molecule has 0 N–H and O–H groups in total. The number of esters is 1. The van der Waals surface area contributed by atoms with E-state index in [1.54, 1.807) is 0 Å². The van der Waals surface area contributed by atoms with E-state index in [0.29, 0.717) is 24.9 Å². The molecule has 0 radical (unpaired) electrons. The standard InChI is InChI=1S/C20H27N3O2/c1-4-16-6-8-17(9-7-16)12-22(18-10-11-18)14-23-13-19(15(3)21-23)20(24)25-5-2/h6-9,13,18H,4-5,10-12,14H2,1-3H3. The van der Waals surface area contributed by atoms with Crippen molar-refractivity contribution in [1.82, 2.24) is 14.7 Å².